The quantitative estimate of drug-likeness (QED) is 0.739. The smallest absolute Gasteiger partial charge is 0.137 e. The van der Waals surface area contributed by atoms with E-state index in [1.54, 1.807) is 13.3 Å². The zero-order valence-corrected chi connectivity index (χ0v) is 8.66. The third-order valence-corrected chi connectivity index (χ3v) is 1.77. The molecular formula is C11H14N2O. The van der Waals surface area contributed by atoms with Crippen LogP contribution in [0.1, 0.15) is 13.8 Å². The van der Waals surface area contributed by atoms with E-state index in [2.05, 4.69) is 16.2 Å². The molecule has 0 radical (unpaired) electrons. The fraction of sp³-hybridized carbons (Fsp3) is 0.364. The molecule has 3 heteroatoms. The van der Waals surface area contributed by atoms with Crippen LogP contribution in [0.15, 0.2) is 18.3 Å². The van der Waals surface area contributed by atoms with Crippen molar-refractivity contribution in [3.05, 3.63) is 18.3 Å². The Hall–Kier alpha value is -1.69. The van der Waals surface area contributed by atoms with E-state index in [1.165, 1.54) is 0 Å². The van der Waals surface area contributed by atoms with E-state index >= 15 is 0 Å². The van der Waals surface area contributed by atoms with Gasteiger partial charge in [-0.2, -0.15) is 0 Å². The van der Waals surface area contributed by atoms with Gasteiger partial charge in [-0.25, -0.2) is 4.98 Å². The number of methoxy groups -OCH3 is 1. The summed E-state index contributed by atoms with van der Waals surface area (Å²) >= 11 is 0. The summed E-state index contributed by atoms with van der Waals surface area (Å²) in [5.41, 5.74) is -0.387. The number of hydrogen-bond donors (Lipinski definition) is 1. The molecule has 0 saturated heterocycles. The maximum absolute atomic E-state index is 5.35. The molecule has 0 aromatic carbocycles. The molecule has 0 amide bonds. The second kappa shape index (κ2) is 4.01. The van der Waals surface area contributed by atoms with E-state index in [-0.39, 0.29) is 5.54 Å². The van der Waals surface area contributed by atoms with Crippen molar-refractivity contribution >= 4 is 5.82 Å². The van der Waals surface area contributed by atoms with Gasteiger partial charge < -0.3 is 10.1 Å². The zero-order chi connectivity index (χ0) is 10.6. The minimum Gasteiger partial charge on any atom is -0.495 e. The number of terminal acetylenes is 1. The zero-order valence-electron chi connectivity index (χ0n) is 8.66. The molecule has 74 valence electrons. The summed E-state index contributed by atoms with van der Waals surface area (Å²) in [4.78, 5) is 4.15. The highest BCUT2D eigenvalue weighted by molar-refractivity contribution is 5.42. The number of rotatable bonds is 3. The van der Waals surface area contributed by atoms with Gasteiger partial charge in [-0.1, -0.05) is 5.92 Å². The largest absolute Gasteiger partial charge is 0.495 e. The SMILES string of the molecule is C#CC(C)(C)Nc1ccc(OC)cn1. The molecule has 0 atom stereocenters. The van der Waals surface area contributed by atoms with Crippen molar-refractivity contribution in [2.75, 3.05) is 12.4 Å². The Labute approximate surface area is 84.5 Å². The molecule has 1 aromatic heterocycles. The third-order valence-electron chi connectivity index (χ3n) is 1.77. The van der Waals surface area contributed by atoms with Gasteiger partial charge in [-0.3, -0.25) is 0 Å². The number of aromatic nitrogens is 1. The van der Waals surface area contributed by atoms with E-state index in [9.17, 15) is 0 Å². The number of ether oxygens (including phenoxy) is 1. The van der Waals surface area contributed by atoms with Gasteiger partial charge in [-0.05, 0) is 26.0 Å². The summed E-state index contributed by atoms with van der Waals surface area (Å²) in [6.45, 7) is 3.83. The lowest BCUT2D eigenvalue weighted by Crippen LogP contribution is -2.28. The molecule has 0 spiro atoms. The lowest BCUT2D eigenvalue weighted by Gasteiger charge is -2.20. The van der Waals surface area contributed by atoms with Crippen molar-refractivity contribution in [3.8, 4) is 18.1 Å². The summed E-state index contributed by atoms with van der Waals surface area (Å²) in [7, 11) is 1.61. The van der Waals surface area contributed by atoms with Crippen molar-refractivity contribution in [2.24, 2.45) is 0 Å². The van der Waals surface area contributed by atoms with Crippen molar-refractivity contribution in [2.45, 2.75) is 19.4 Å². The van der Waals surface area contributed by atoms with Gasteiger partial charge >= 0.3 is 0 Å². The van der Waals surface area contributed by atoms with Crippen molar-refractivity contribution in [1.29, 1.82) is 0 Å². The van der Waals surface area contributed by atoms with Crippen LogP contribution in [-0.4, -0.2) is 17.6 Å². The van der Waals surface area contributed by atoms with E-state index in [0.29, 0.717) is 0 Å². The van der Waals surface area contributed by atoms with E-state index in [4.69, 9.17) is 11.2 Å². The highest BCUT2D eigenvalue weighted by Crippen LogP contribution is 2.15. The number of pyridine rings is 1. The standard InChI is InChI=1S/C11H14N2O/c1-5-11(2,3)13-10-7-6-9(14-4)8-12-10/h1,6-8H,2-4H3,(H,12,13). The summed E-state index contributed by atoms with van der Waals surface area (Å²) in [5.74, 6) is 4.11. The predicted octanol–water partition coefficient (Wildman–Crippen LogP) is 1.91. The first kappa shape index (κ1) is 10.4. The molecule has 1 N–H and O–H groups in total. The summed E-state index contributed by atoms with van der Waals surface area (Å²) in [6.07, 6.45) is 6.99. The van der Waals surface area contributed by atoms with Crippen LogP contribution in [0.25, 0.3) is 0 Å². The number of nitrogens with zero attached hydrogens (tertiary/aromatic N) is 1. The molecule has 0 aliphatic carbocycles. The molecule has 14 heavy (non-hydrogen) atoms. The fourth-order valence-corrected chi connectivity index (χ4v) is 0.931. The minimum atomic E-state index is -0.387. The molecule has 3 nitrogen and oxygen atoms in total. The summed E-state index contributed by atoms with van der Waals surface area (Å²) in [5, 5.41) is 3.12. The van der Waals surface area contributed by atoms with Gasteiger partial charge in [0.05, 0.1) is 18.8 Å². The van der Waals surface area contributed by atoms with Crippen LogP contribution < -0.4 is 10.1 Å². The van der Waals surface area contributed by atoms with Crippen LogP contribution in [0.5, 0.6) is 5.75 Å². The third kappa shape index (κ3) is 2.67. The van der Waals surface area contributed by atoms with E-state index in [0.717, 1.165) is 11.6 Å². The predicted molar refractivity (Wildman–Crippen MR) is 57.3 cm³/mol. The normalized spacial score (nSPS) is 10.4. The second-order valence-electron chi connectivity index (χ2n) is 3.48. The van der Waals surface area contributed by atoms with Crippen LogP contribution in [0.3, 0.4) is 0 Å². The Balaban J connectivity index is 2.75. The maximum Gasteiger partial charge on any atom is 0.137 e. The molecule has 0 fully saturated rings. The van der Waals surface area contributed by atoms with Crippen LogP contribution in [-0.2, 0) is 0 Å². The molecule has 0 aliphatic rings. The number of nitrogens with one attached hydrogen (secondary N) is 1. The lowest BCUT2D eigenvalue weighted by molar-refractivity contribution is 0.413. The topological polar surface area (TPSA) is 34.1 Å². The van der Waals surface area contributed by atoms with Gasteiger partial charge in [0.2, 0.25) is 0 Å². The van der Waals surface area contributed by atoms with E-state index < -0.39 is 0 Å². The molecule has 0 unspecified atom stereocenters. The van der Waals surface area contributed by atoms with Gasteiger partial charge in [0, 0.05) is 0 Å². The minimum absolute atomic E-state index is 0.387. The molecule has 0 bridgehead atoms. The van der Waals surface area contributed by atoms with Crippen molar-refractivity contribution in [1.82, 2.24) is 4.98 Å². The van der Waals surface area contributed by atoms with Crippen LogP contribution in [0.2, 0.25) is 0 Å². The van der Waals surface area contributed by atoms with E-state index in [1.807, 2.05) is 26.0 Å². The molecule has 0 saturated carbocycles. The van der Waals surface area contributed by atoms with Crippen molar-refractivity contribution in [3.63, 3.8) is 0 Å². The second-order valence-corrected chi connectivity index (χ2v) is 3.48. The van der Waals surface area contributed by atoms with Crippen LogP contribution >= 0.6 is 0 Å². The Morgan fingerprint density at radius 3 is 2.64 bits per heavy atom. The average Bonchev–Trinajstić information content (AvgIpc) is 2.19. The highest BCUT2D eigenvalue weighted by atomic mass is 16.5. The molecule has 1 heterocycles. The van der Waals surface area contributed by atoms with Crippen LogP contribution in [0, 0.1) is 12.3 Å². The first-order valence-corrected chi connectivity index (χ1v) is 4.33. The van der Waals surface area contributed by atoms with Gasteiger partial charge in [0.25, 0.3) is 0 Å². The maximum atomic E-state index is 5.35. The Kier molecular flexibility index (Phi) is 2.98. The van der Waals surface area contributed by atoms with Crippen LogP contribution in [0.4, 0.5) is 5.82 Å². The Morgan fingerprint density at radius 1 is 1.50 bits per heavy atom. The van der Waals surface area contributed by atoms with Gasteiger partial charge in [0.1, 0.15) is 11.6 Å². The fourth-order valence-electron chi connectivity index (χ4n) is 0.931. The molecular weight excluding hydrogens is 176 g/mol. The average molecular weight is 190 g/mol. The first-order chi connectivity index (χ1) is 6.57. The number of hydrogen-bond acceptors (Lipinski definition) is 3. The van der Waals surface area contributed by atoms with Gasteiger partial charge in [-0.15, -0.1) is 6.42 Å². The molecule has 1 aromatic rings. The Morgan fingerprint density at radius 2 is 2.21 bits per heavy atom. The summed E-state index contributed by atoms with van der Waals surface area (Å²) in [6, 6.07) is 3.67. The first-order valence-electron chi connectivity index (χ1n) is 4.33. The van der Waals surface area contributed by atoms with Gasteiger partial charge in [0.15, 0.2) is 0 Å². The lowest BCUT2D eigenvalue weighted by atomic mass is 10.1. The number of anilines is 1. The molecule has 0 aliphatic heterocycles. The summed E-state index contributed by atoms with van der Waals surface area (Å²) < 4.78 is 5.00. The Bertz CT molecular complexity index is 335. The molecule has 1 rings (SSSR count). The monoisotopic (exact) mass is 190 g/mol. The van der Waals surface area contributed by atoms with Crippen molar-refractivity contribution < 1.29 is 4.74 Å². The highest BCUT2D eigenvalue weighted by Gasteiger charge is 2.13.